The van der Waals surface area contributed by atoms with Gasteiger partial charge in [-0.15, -0.1) is 0 Å². The van der Waals surface area contributed by atoms with Crippen LogP contribution in [-0.4, -0.2) is 10.2 Å². The minimum absolute atomic E-state index is 0.0336. The zero-order chi connectivity index (χ0) is 19.0. The number of unbranched alkanes of at least 4 members (excludes halogenated alkanes) is 12. The summed E-state index contributed by atoms with van der Waals surface area (Å²) in [5.74, 6) is 0.155. The van der Waals surface area contributed by atoms with Gasteiger partial charge in [-0.05, 0) is 37.3 Å². The fourth-order valence-corrected chi connectivity index (χ4v) is 3.71. The largest absolute Gasteiger partial charge is 0.504 e. The Bertz CT molecular complexity index is 468. The lowest BCUT2D eigenvalue weighted by atomic mass is 9.95. The second-order valence-electron chi connectivity index (χ2n) is 7.81. The molecule has 0 unspecified atom stereocenters. The minimum atomic E-state index is 0.0336. The van der Waals surface area contributed by atoms with E-state index in [0.717, 1.165) is 24.8 Å². The molecule has 1 rings (SSSR count). The molecule has 26 heavy (non-hydrogen) atoms. The maximum atomic E-state index is 10.3. The molecule has 0 spiro atoms. The number of hydrogen-bond acceptors (Lipinski definition) is 2. The van der Waals surface area contributed by atoms with Gasteiger partial charge in [0.05, 0.1) is 0 Å². The van der Waals surface area contributed by atoms with E-state index < -0.39 is 0 Å². The predicted molar refractivity (Wildman–Crippen MR) is 113 cm³/mol. The quantitative estimate of drug-likeness (QED) is 0.234. The van der Waals surface area contributed by atoms with Crippen molar-refractivity contribution in [1.29, 1.82) is 0 Å². The van der Waals surface area contributed by atoms with Crippen molar-refractivity contribution in [3.05, 3.63) is 23.3 Å². The molecule has 2 nitrogen and oxygen atoms in total. The Balaban J connectivity index is 2.37. The van der Waals surface area contributed by atoms with Crippen LogP contribution in [0.4, 0.5) is 0 Å². The van der Waals surface area contributed by atoms with Gasteiger partial charge in [0.15, 0.2) is 11.5 Å². The van der Waals surface area contributed by atoms with Crippen LogP contribution >= 0.6 is 0 Å². The van der Waals surface area contributed by atoms with Gasteiger partial charge >= 0.3 is 0 Å². The lowest BCUT2D eigenvalue weighted by Gasteiger charge is -2.13. The van der Waals surface area contributed by atoms with Crippen LogP contribution in [0, 0.1) is 0 Å². The van der Waals surface area contributed by atoms with Crippen molar-refractivity contribution in [2.75, 3.05) is 0 Å². The number of phenols is 2. The molecular weight excluding hydrogens is 320 g/mol. The third kappa shape index (κ3) is 9.50. The van der Waals surface area contributed by atoms with Gasteiger partial charge in [0.1, 0.15) is 0 Å². The first-order valence-corrected chi connectivity index (χ1v) is 11.2. The van der Waals surface area contributed by atoms with Crippen molar-refractivity contribution >= 4 is 0 Å². The van der Waals surface area contributed by atoms with E-state index in [2.05, 4.69) is 13.8 Å². The van der Waals surface area contributed by atoms with Crippen molar-refractivity contribution in [2.24, 2.45) is 0 Å². The van der Waals surface area contributed by atoms with Crippen LogP contribution in [-0.2, 0) is 12.8 Å². The molecule has 150 valence electrons. The molecule has 0 atom stereocenters. The molecule has 1 aromatic carbocycles. The summed E-state index contributed by atoms with van der Waals surface area (Å²) in [6, 6.07) is 3.67. The van der Waals surface area contributed by atoms with E-state index in [4.69, 9.17) is 0 Å². The van der Waals surface area contributed by atoms with Gasteiger partial charge in [-0.2, -0.15) is 0 Å². The first-order valence-electron chi connectivity index (χ1n) is 11.2. The Labute approximate surface area is 162 Å². The zero-order valence-electron chi connectivity index (χ0n) is 17.4. The summed E-state index contributed by atoms with van der Waals surface area (Å²) in [7, 11) is 0. The summed E-state index contributed by atoms with van der Waals surface area (Å²) in [5.41, 5.74) is 2.23. The molecule has 0 heterocycles. The standard InChI is InChI=1S/C24H42O2/c1-3-5-7-9-11-13-15-17-21-19-20-23(25)24(26)22(21)18-16-14-12-10-8-6-4-2/h19-20,25-26H,3-18H2,1-2H3. The maximum absolute atomic E-state index is 10.3. The molecule has 1 aromatic rings. The number of aryl methyl sites for hydroxylation is 1. The molecule has 0 fully saturated rings. The van der Waals surface area contributed by atoms with Gasteiger partial charge in [-0.25, -0.2) is 0 Å². The normalized spacial score (nSPS) is 11.2. The summed E-state index contributed by atoms with van der Waals surface area (Å²) in [6.45, 7) is 4.50. The van der Waals surface area contributed by atoms with Crippen LogP contribution < -0.4 is 0 Å². The molecule has 0 bridgehead atoms. The number of aromatic hydroxyl groups is 2. The highest BCUT2D eigenvalue weighted by Crippen LogP contribution is 2.33. The van der Waals surface area contributed by atoms with E-state index in [9.17, 15) is 10.2 Å². The Hall–Kier alpha value is -1.18. The second-order valence-corrected chi connectivity index (χ2v) is 7.81. The summed E-state index contributed by atoms with van der Waals surface area (Å²) in [6.07, 6.45) is 19.9. The molecule has 0 aromatic heterocycles. The van der Waals surface area contributed by atoms with Gasteiger partial charge < -0.3 is 10.2 Å². The summed E-state index contributed by atoms with van der Waals surface area (Å²) in [5, 5.41) is 20.2. The molecule has 0 aliphatic rings. The first-order chi connectivity index (χ1) is 12.7. The predicted octanol–water partition coefficient (Wildman–Crippen LogP) is 7.68. The van der Waals surface area contributed by atoms with Crippen molar-refractivity contribution in [3.8, 4) is 11.5 Å². The van der Waals surface area contributed by atoms with E-state index in [1.807, 2.05) is 6.07 Å². The van der Waals surface area contributed by atoms with Gasteiger partial charge in [0.25, 0.3) is 0 Å². The van der Waals surface area contributed by atoms with Crippen molar-refractivity contribution in [2.45, 2.75) is 117 Å². The van der Waals surface area contributed by atoms with Crippen molar-refractivity contribution < 1.29 is 10.2 Å². The topological polar surface area (TPSA) is 40.5 Å². The second kappa shape index (κ2) is 14.9. The van der Waals surface area contributed by atoms with Gasteiger partial charge in [0.2, 0.25) is 0 Å². The highest BCUT2D eigenvalue weighted by atomic mass is 16.3. The average molecular weight is 363 g/mol. The van der Waals surface area contributed by atoms with Crippen LogP contribution in [0.3, 0.4) is 0 Å². The fraction of sp³-hybridized carbons (Fsp3) is 0.750. The third-order valence-electron chi connectivity index (χ3n) is 5.44. The molecule has 0 amide bonds. The Morgan fingerprint density at radius 3 is 1.58 bits per heavy atom. The summed E-state index contributed by atoms with van der Waals surface area (Å²) in [4.78, 5) is 0. The van der Waals surface area contributed by atoms with E-state index in [-0.39, 0.29) is 11.5 Å². The minimum Gasteiger partial charge on any atom is -0.504 e. The summed E-state index contributed by atoms with van der Waals surface area (Å²) < 4.78 is 0. The maximum Gasteiger partial charge on any atom is 0.160 e. The molecule has 0 saturated carbocycles. The molecule has 2 N–H and O–H groups in total. The fourth-order valence-electron chi connectivity index (χ4n) is 3.71. The Morgan fingerprint density at radius 2 is 1.04 bits per heavy atom. The molecular formula is C24H42O2. The SMILES string of the molecule is CCCCCCCCCc1ccc(O)c(O)c1CCCCCCCCC. The van der Waals surface area contributed by atoms with Crippen LogP contribution in [0.2, 0.25) is 0 Å². The van der Waals surface area contributed by atoms with Crippen LogP contribution in [0.25, 0.3) is 0 Å². The van der Waals surface area contributed by atoms with Crippen LogP contribution in [0.5, 0.6) is 11.5 Å². The first kappa shape index (κ1) is 22.9. The molecule has 2 heteroatoms. The van der Waals surface area contributed by atoms with Gasteiger partial charge in [-0.3, -0.25) is 0 Å². The van der Waals surface area contributed by atoms with Crippen LogP contribution in [0.1, 0.15) is 115 Å². The number of hydrogen-bond donors (Lipinski definition) is 2. The molecule has 0 saturated heterocycles. The number of benzene rings is 1. The van der Waals surface area contributed by atoms with E-state index in [1.165, 1.54) is 89.0 Å². The van der Waals surface area contributed by atoms with E-state index in [1.54, 1.807) is 6.07 Å². The monoisotopic (exact) mass is 362 g/mol. The van der Waals surface area contributed by atoms with E-state index in [0.29, 0.717) is 0 Å². The average Bonchev–Trinajstić information content (AvgIpc) is 2.64. The van der Waals surface area contributed by atoms with Crippen molar-refractivity contribution in [1.82, 2.24) is 0 Å². The van der Waals surface area contributed by atoms with E-state index >= 15 is 0 Å². The lowest BCUT2D eigenvalue weighted by molar-refractivity contribution is 0.397. The third-order valence-corrected chi connectivity index (χ3v) is 5.44. The zero-order valence-corrected chi connectivity index (χ0v) is 17.4. The Morgan fingerprint density at radius 1 is 0.577 bits per heavy atom. The summed E-state index contributed by atoms with van der Waals surface area (Å²) >= 11 is 0. The molecule has 0 aliphatic carbocycles. The molecule has 0 radical (unpaired) electrons. The molecule has 0 aliphatic heterocycles. The smallest absolute Gasteiger partial charge is 0.160 e. The Kier molecular flexibility index (Phi) is 13.1. The number of rotatable bonds is 16. The highest BCUT2D eigenvalue weighted by Gasteiger charge is 2.12. The highest BCUT2D eigenvalue weighted by molar-refractivity contribution is 5.49. The van der Waals surface area contributed by atoms with Gasteiger partial charge in [0, 0.05) is 5.56 Å². The lowest BCUT2D eigenvalue weighted by Crippen LogP contribution is -1.97. The number of phenolic OH excluding ortho intramolecular Hbond substituents is 2. The van der Waals surface area contributed by atoms with Crippen LogP contribution in [0.15, 0.2) is 12.1 Å². The van der Waals surface area contributed by atoms with Gasteiger partial charge in [-0.1, -0.05) is 97.0 Å². The van der Waals surface area contributed by atoms with Crippen molar-refractivity contribution in [3.63, 3.8) is 0 Å².